The van der Waals surface area contributed by atoms with Gasteiger partial charge in [0.15, 0.2) is 0 Å². The van der Waals surface area contributed by atoms with Gasteiger partial charge in [-0.2, -0.15) is 0 Å². The highest BCUT2D eigenvalue weighted by molar-refractivity contribution is 6.10. The van der Waals surface area contributed by atoms with E-state index in [-0.39, 0.29) is 5.54 Å². The Kier molecular flexibility index (Phi) is 3.32. The van der Waals surface area contributed by atoms with Crippen molar-refractivity contribution in [3.05, 3.63) is 64.7 Å². The molecule has 0 aromatic heterocycles. The summed E-state index contributed by atoms with van der Waals surface area (Å²) in [4.78, 5) is 4.93. The third kappa shape index (κ3) is 2.85. The maximum Gasteiger partial charge on any atom is 0.133 e. The molecule has 0 spiro atoms. The average Bonchev–Trinajstić information content (AvgIpc) is 2.41. The normalized spacial score (nSPS) is 16.1. The molecule has 2 heteroatoms. The lowest BCUT2D eigenvalue weighted by Gasteiger charge is -2.30. The van der Waals surface area contributed by atoms with Crippen molar-refractivity contribution in [2.75, 3.05) is 5.32 Å². The molecule has 0 radical (unpaired) electrons. The highest BCUT2D eigenvalue weighted by atomic mass is 15.0. The Morgan fingerprint density at radius 2 is 1.67 bits per heavy atom. The topological polar surface area (TPSA) is 24.4 Å². The SMILES string of the molecule is Cc1cc2c(cc1C)C(Nc1ccccc1)=NC(C)(C)C2. The Bertz CT molecular complexity index is 697. The Morgan fingerprint density at radius 3 is 2.38 bits per heavy atom. The van der Waals surface area contributed by atoms with Crippen molar-refractivity contribution >= 4 is 11.5 Å². The van der Waals surface area contributed by atoms with Crippen LogP contribution in [0, 0.1) is 13.8 Å². The molecular weight excluding hydrogens is 256 g/mol. The van der Waals surface area contributed by atoms with E-state index in [0.29, 0.717) is 0 Å². The van der Waals surface area contributed by atoms with Crippen LogP contribution in [0.3, 0.4) is 0 Å². The largest absolute Gasteiger partial charge is 0.340 e. The van der Waals surface area contributed by atoms with Crippen molar-refractivity contribution in [2.45, 2.75) is 39.7 Å². The molecular formula is C19H22N2. The van der Waals surface area contributed by atoms with Crippen LogP contribution in [0.25, 0.3) is 0 Å². The van der Waals surface area contributed by atoms with Crippen molar-refractivity contribution in [1.82, 2.24) is 0 Å². The van der Waals surface area contributed by atoms with Crippen LogP contribution in [0.4, 0.5) is 5.69 Å². The van der Waals surface area contributed by atoms with E-state index in [1.807, 2.05) is 18.2 Å². The summed E-state index contributed by atoms with van der Waals surface area (Å²) in [5, 5.41) is 3.49. The Morgan fingerprint density at radius 1 is 1.00 bits per heavy atom. The smallest absolute Gasteiger partial charge is 0.133 e. The lowest BCUT2D eigenvalue weighted by Crippen LogP contribution is -2.32. The van der Waals surface area contributed by atoms with Crippen LogP contribution in [-0.4, -0.2) is 11.4 Å². The van der Waals surface area contributed by atoms with E-state index in [1.54, 1.807) is 0 Å². The molecule has 0 fully saturated rings. The van der Waals surface area contributed by atoms with E-state index in [0.717, 1.165) is 17.9 Å². The first-order chi connectivity index (χ1) is 9.94. The van der Waals surface area contributed by atoms with Gasteiger partial charge >= 0.3 is 0 Å². The van der Waals surface area contributed by atoms with Gasteiger partial charge in [0.05, 0.1) is 5.54 Å². The maximum absolute atomic E-state index is 4.93. The number of hydrogen-bond donors (Lipinski definition) is 1. The first-order valence-corrected chi connectivity index (χ1v) is 7.47. The summed E-state index contributed by atoms with van der Waals surface area (Å²) in [6, 6.07) is 14.8. The van der Waals surface area contributed by atoms with Gasteiger partial charge in [0, 0.05) is 11.3 Å². The second-order valence-corrected chi connectivity index (χ2v) is 6.53. The minimum Gasteiger partial charge on any atom is -0.340 e. The molecule has 0 saturated carbocycles. The molecule has 1 aliphatic rings. The number of aliphatic imine (C=N–C) groups is 1. The van der Waals surface area contributed by atoms with Crippen LogP contribution in [0.15, 0.2) is 47.5 Å². The Hall–Kier alpha value is -2.09. The number of para-hydroxylation sites is 1. The summed E-state index contributed by atoms with van der Waals surface area (Å²) < 4.78 is 0. The van der Waals surface area contributed by atoms with Crippen LogP contribution in [-0.2, 0) is 6.42 Å². The number of aryl methyl sites for hydroxylation is 2. The lowest BCUT2D eigenvalue weighted by molar-refractivity contribution is 0.513. The van der Waals surface area contributed by atoms with Gasteiger partial charge in [0.1, 0.15) is 5.84 Å². The molecule has 0 aliphatic carbocycles. The molecule has 0 bridgehead atoms. The zero-order valence-electron chi connectivity index (χ0n) is 13.2. The molecule has 2 nitrogen and oxygen atoms in total. The second kappa shape index (κ2) is 5.03. The predicted molar refractivity (Wildman–Crippen MR) is 90.3 cm³/mol. The number of fused-ring (bicyclic) bond motifs is 1. The van der Waals surface area contributed by atoms with Gasteiger partial charge in [0.25, 0.3) is 0 Å². The van der Waals surface area contributed by atoms with E-state index < -0.39 is 0 Å². The molecule has 108 valence electrons. The second-order valence-electron chi connectivity index (χ2n) is 6.53. The highest BCUT2D eigenvalue weighted by Gasteiger charge is 2.27. The third-order valence-electron chi connectivity index (χ3n) is 4.05. The number of nitrogens with one attached hydrogen (secondary N) is 1. The summed E-state index contributed by atoms with van der Waals surface area (Å²) in [6.07, 6.45) is 0.990. The average molecular weight is 278 g/mol. The van der Waals surface area contributed by atoms with Crippen LogP contribution >= 0.6 is 0 Å². The first-order valence-electron chi connectivity index (χ1n) is 7.47. The molecule has 1 N–H and O–H groups in total. The van der Waals surface area contributed by atoms with Crippen LogP contribution in [0.2, 0.25) is 0 Å². The molecule has 1 aliphatic heterocycles. The minimum atomic E-state index is -0.0637. The van der Waals surface area contributed by atoms with Gasteiger partial charge in [-0.3, -0.25) is 4.99 Å². The zero-order chi connectivity index (χ0) is 15.0. The van der Waals surface area contributed by atoms with Crippen LogP contribution in [0.1, 0.15) is 36.1 Å². The first kappa shape index (κ1) is 13.9. The van der Waals surface area contributed by atoms with E-state index in [1.165, 1.54) is 22.3 Å². The number of nitrogens with zero attached hydrogens (tertiary/aromatic N) is 1. The number of amidine groups is 1. The Balaban J connectivity index is 2.06. The number of anilines is 1. The molecule has 0 atom stereocenters. The van der Waals surface area contributed by atoms with Gasteiger partial charge in [-0.1, -0.05) is 24.3 Å². The Labute approximate surface area is 126 Å². The third-order valence-corrected chi connectivity index (χ3v) is 4.05. The number of hydrogen-bond acceptors (Lipinski definition) is 2. The summed E-state index contributed by atoms with van der Waals surface area (Å²) in [5.74, 6) is 0.982. The molecule has 0 amide bonds. The molecule has 2 aromatic rings. The van der Waals surface area contributed by atoms with Crippen molar-refractivity contribution in [2.24, 2.45) is 4.99 Å². The fourth-order valence-electron chi connectivity index (χ4n) is 2.86. The summed E-state index contributed by atoms with van der Waals surface area (Å²) in [6.45, 7) is 8.73. The van der Waals surface area contributed by atoms with E-state index in [2.05, 4.69) is 57.3 Å². The summed E-state index contributed by atoms with van der Waals surface area (Å²) >= 11 is 0. The molecule has 0 saturated heterocycles. The fraction of sp³-hybridized carbons (Fsp3) is 0.316. The van der Waals surface area contributed by atoms with Gasteiger partial charge in [-0.15, -0.1) is 0 Å². The van der Waals surface area contributed by atoms with Crippen LogP contribution in [0.5, 0.6) is 0 Å². The number of benzene rings is 2. The number of rotatable bonds is 1. The highest BCUT2D eigenvalue weighted by Crippen LogP contribution is 2.29. The molecule has 3 rings (SSSR count). The van der Waals surface area contributed by atoms with E-state index in [9.17, 15) is 0 Å². The van der Waals surface area contributed by atoms with E-state index in [4.69, 9.17) is 4.99 Å². The van der Waals surface area contributed by atoms with Crippen molar-refractivity contribution in [3.63, 3.8) is 0 Å². The summed E-state index contributed by atoms with van der Waals surface area (Å²) in [7, 11) is 0. The molecule has 0 unspecified atom stereocenters. The monoisotopic (exact) mass is 278 g/mol. The quantitative estimate of drug-likeness (QED) is 0.816. The minimum absolute atomic E-state index is 0.0637. The lowest BCUT2D eigenvalue weighted by atomic mass is 9.86. The van der Waals surface area contributed by atoms with Crippen molar-refractivity contribution < 1.29 is 0 Å². The zero-order valence-corrected chi connectivity index (χ0v) is 13.2. The molecule has 2 aromatic carbocycles. The fourth-order valence-corrected chi connectivity index (χ4v) is 2.86. The van der Waals surface area contributed by atoms with Gasteiger partial charge in [-0.05, 0) is 69.0 Å². The van der Waals surface area contributed by atoms with Crippen molar-refractivity contribution in [1.29, 1.82) is 0 Å². The van der Waals surface area contributed by atoms with Crippen molar-refractivity contribution in [3.8, 4) is 0 Å². The molecule has 1 heterocycles. The predicted octanol–water partition coefficient (Wildman–Crippen LogP) is 4.50. The summed E-state index contributed by atoms with van der Waals surface area (Å²) in [5.41, 5.74) is 6.31. The van der Waals surface area contributed by atoms with Gasteiger partial charge in [-0.25, -0.2) is 0 Å². The maximum atomic E-state index is 4.93. The van der Waals surface area contributed by atoms with Gasteiger partial charge in [0.2, 0.25) is 0 Å². The van der Waals surface area contributed by atoms with Gasteiger partial charge < -0.3 is 5.32 Å². The standard InChI is InChI=1S/C19H22N2/c1-13-10-15-12-19(3,4)21-18(17(15)11-14(13)2)20-16-8-6-5-7-9-16/h5-11H,12H2,1-4H3,(H,20,21). The van der Waals surface area contributed by atoms with Crippen LogP contribution < -0.4 is 5.32 Å². The van der Waals surface area contributed by atoms with E-state index >= 15 is 0 Å². The molecule has 21 heavy (non-hydrogen) atoms.